The molecule has 0 bridgehead atoms. The highest BCUT2D eigenvalue weighted by Gasteiger charge is 2.08. The van der Waals surface area contributed by atoms with E-state index < -0.39 is 0 Å². The molecule has 4 nitrogen and oxygen atoms in total. The van der Waals surface area contributed by atoms with Crippen molar-refractivity contribution in [2.75, 3.05) is 5.73 Å². The SMILES string of the molecule is CC(C)=O.CCn1nccc1C.Cc1c(Br)cc(F)c(N)c1I. The lowest BCUT2D eigenvalue weighted by Crippen LogP contribution is -1.97. The predicted octanol–water partition coefficient (Wildman–Crippen LogP) is 4.89. The summed E-state index contributed by atoms with van der Waals surface area (Å²) < 4.78 is 16.3. The smallest absolute Gasteiger partial charge is 0.148 e. The third kappa shape index (κ3) is 7.92. The molecule has 2 N–H and O–H groups in total. The fraction of sp³-hybridized carbons (Fsp3) is 0.375. The number of Topliss-reactive ketones (excluding diaryl/α,β-unsaturated/α-hetero) is 1. The number of hydrogen-bond donors (Lipinski definition) is 1. The second-order valence-corrected chi connectivity index (χ2v) is 6.82. The van der Waals surface area contributed by atoms with E-state index in [1.54, 1.807) is 0 Å². The molecule has 128 valence electrons. The molecule has 0 spiro atoms. The van der Waals surface area contributed by atoms with Crippen molar-refractivity contribution in [2.24, 2.45) is 0 Å². The van der Waals surface area contributed by atoms with Gasteiger partial charge in [-0.1, -0.05) is 15.9 Å². The molecule has 0 unspecified atom stereocenters. The van der Waals surface area contributed by atoms with E-state index in [-0.39, 0.29) is 17.3 Å². The Hall–Kier alpha value is -0.960. The van der Waals surface area contributed by atoms with Crippen molar-refractivity contribution in [3.05, 3.63) is 43.4 Å². The Morgan fingerprint density at radius 3 is 2.30 bits per heavy atom. The first-order valence-corrected chi connectivity index (χ1v) is 8.84. The second-order valence-electron chi connectivity index (χ2n) is 4.89. The molecular weight excluding hydrogens is 476 g/mol. The summed E-state index contributed by atoms with van der Waals surface area (Å²) in [6.07, 6.45) is 1.82. The van der Waals surface area contributed by atoms with Crippen LogP contribution in [0.3, 0.4) is 0 Å². The normalized spacial score (nSPS) is 9.39. The summed E-state index contributed by atoms with van der Waals surface area (Å²) in [6, 6.07) is 3.39. The van der Waals surface area contributed by atoms with E-state index in [1.807, 2.05) is 46.5 Å². The zero-order valence-electron chi connectivity index (χ0n) is 14.0. The fourth-order valence-corrected chi connectivity index (χ4v) is 2.76. The van der Waals surface area contributed by atoms with Crippen molar-refractivity contribution >= 4 is 50.0 Å². The number of carbonyl (C=O) groups excluding carboxylic acids is 1. The predicted molar refractivity (Wildman–Crippen MR) is 105 cm³/mol. The van der Waals surface area contributed by atoms with Crippen molar-refractivity contribution in [3.63, 3.8) is 0 Å². The average Bonchev–Trinajstić information content (AvgIpc) is 2.88. The summed E-state index contributed by atoms with van der Waals surface area (Å²) in [6.45, 7) is 10.1. The summed E-state index contributed by atoms with van der Waals surface area (Å²) in [4.78, 5) is 9.44. The summed E-state index contributed by atoms with van der Waals surface area (Å²) in [5.74, 6) is -0.202. The van der Waals surface area contributed by atoms with Gasteiger partial charge >= 0.3 is 0 Å². The molecule has 0 aliphatic rings. The highest BCUT2D eigenvalue weighted by atomic mass is 127. The molecule has 0 radical (unpaired) electrons. The van der Waals surface area contributed by atoms with Crippen LogP contribution >= 0.6 is 38.5 Å². The standard InChI is InChI=1S/C7H6BrFIN.C6H10N2.C3H6O/c1-3-4(8)2-5(9)7(11)6(3)10;1-3-8-6(2)4-5-7-8;1-3(2)4/h2H,11H2,1H3;4-5H,3H2,1-2H3;1-2H3. The first-order valence-electron chi connectivity index (χ1n) is 6.96. The van der Waals surface area contributed by atoms with Gasteiger partial charge < -0.3 is 10.5 Å². The van der Waals surface area contributed by atoms with E-state index in [0.29, 0.717) is 0 Å². The maximum atomic E-state index is 12.9. The van der Waals surface area contributed by atoms with Crippen LogP contribution in [0.15, 0.2) is 22.8 Å². The molecule has 0 aliphatic carbocycles. The van der Waals surface area contributed by atoms with Crippen LogP contribution < -0.4 is 5.73 Å². The minimum atomic E-state index is -0.369. The average molecular weight is 498 g/mol. The number of nitrogen functional groups attached to an aromatic ring is 1. The number of hydrogen-bond acceptors (Lipinski definition) is 3. The van der Waals surface area contributed by atoms with Crippen LogP contribution in [0.5, 0.6) is 0 Å². The van der Waals surface area contributed by atoms with Crippen LogP contribution in [0.1, 0.15) is 32.0 Å². The van der Waals surface area contributed by atoms with Crippen LogP contribution in [0.2, 0.25) is 0 Å². The van der Waals surface area contributed by atoms with Crippen LogP contribution in [-0.2, 0) is 11.3 Å². The Balaban J connectivity index is 0.000000354. The molecule has 2 rings (SSSR count). The topological polar surface area (TPSA) is 60.9 Å². The number of aryl methyl sites for hydroxylation is 2. The van der Waals surface area contributed by atoms with Gasteiger partial charge in [-0.25, -0.2) is 4.39 Å². The van der Waals surface area contributed by atoms with Gasteiger partial charge in [0.25, 0.3) is 0 Å². The molecular formula is C16H22BrFIN3O. The first kappa shape index (κ1) is 22.0. The molecule has 1 aromatic carbocycles. The third-order valence-corrected chi connectivity index (χ3v) is 4.88. The zero-order chi connectivity index (χ0) is 18.2. The third-order valence-electron chi connectivity index (χ3n) is 2.66. The van der Waals surface area contributed by atoms with Gasteiger partial charge in [0.2, 0.25) is 0 Å². The van der Waals surface area contributed by atoms with Crippen molar-refractivity contribution in [1.29, 1.82) is 0 Å². The summed E-state index contributed by atoms with van der Waals surface area (Å²) in [5.41, 5.74) is 7.88. The van der Waals surface area contributed by atoms with Crippen molar-refractivity contribution in [2.45, 2.75) is 41.2 Å². The Morgan fingerprint density at radius 1 is 1.43 bits per heavy atom. The first-order chi connectivity index (χ1) is 10.6. The summed E-state index contributed by atoms with van der Waals surface area (Å²) in [7, 11) is 0. The van der Waals surface area contributed by atoms with Gasteiger partial charge in [-0.2, -0.15) is 5.10 Å². The molecule has 0 amide bonds. The Bertz CT molecular complexity index is 629. The van der Waals surface area contributed by atoms with Gasteiger partial charge in [0, 0.05) is 26.5 Å². The molecule has 7 heteroatoms. The van der Waals surface area contributed by atoms with Gasteiger partial charge in [0.05, 0.1) is 5.69 Å². The van der Waals surface area contributed by atoms with Crippen molar-refractivity contribution in [1.82, 2.24) is 9.78 Å². The van der Waals surface area contributed by atoms with Crippen LogP contribution in [0.4, 0.5) is 10.1 Å². The number of carbonyl (C=O) groups is 1. The zero-order valence-corrected chi connectivity index (χ0v) is 17.7. The van der Waals surface area contributed by atoms with Crippen LogP contribution in [0, 0.1) is 23.2 Å². The van der Waals surface area contributed by atoms with Crippen molar-refractivity contribution in [3.8, 4) is 0 Å². The molecule has 0 aliphatic heterocycles. The maximum Gasteiger partial charge on any atom is 0.148 e. The molecule has 1 heterocycles. The maximum absolute atomic E-state index is 12.9. The number of aromatic nitrogens is 2. The van der Waals surface area contributed by atoms with E-state index in [0.717, 1.165) is 20.2 Å². The number of benzene rings is 1. The lowest BCUT2D eigenvalue weighted by atomic mass is 10.2. The Labute approximate surface area is 158 Å². The highest BCUT2D eigenvalue weighted by molar-refractivity contribution is 14.1. The summed E-state index contributed by atoms with van der Waals surface area (Å²) >= 11 is 5.26. The lowest BCUT2D eigenvalue weighted by Gasteiger charge is -2.05. The minimum absolute atomic E-state index is 0.167. The van der Waals surface area contributed by atoms with Gasteiger partial charge in [0.1, 0.15) is 11.6 Å². The Morgan fingerprint density at radius 2 is 1.96 bits per heavy atom. The minimum Gasteiger partial charge on any atom is -0.395 e. The molecule has 0 fully saturated rings. The van der Waals surface area contributed by atoms with Crippen LogP contribution in [0.25, 0.3) is 0 Å². The van der Waals surface area contributed by atoms with Crippen molar-refractivity contribution < 1.29 is 9.18 Å². The quantitative estimate of drug-likeness (QED) is 0.450. The van der Waals surface area contributed by atoms with E-state index in [2.05, 4.69) is 34.9 Å². The molecule has 0 saturated carbocycles. The fourth-order valence-electron chi connectivity index (χ4n) is 1.44. The number of anilines is 1. The van der Waals surface area contributed by atoms with Gasteiger partial charge in [-0.3, -0.25) is 4.68 Å². The molecule has 0 saturated heterocycles. The number of rotatable bonds is 1. The van der Waals surface area contributed by atoms with Gasteiger partial charge in [-0.15, -0.1) is 0 Å². The van der Waals surface area contributed by atoms with E-state index in [9.17, 15) is 9.18 Å². The molecule has 2 aromatic rings. The summed E-state index contributed by atoms with van der Waals surface area (Å²) in [5, 5.41) is 4.05. The molecule has 1 aromatic heterocycles. The van der Waals surface area contributed by atoms with Crippen LogP contribution in [-0.4, -0.2) is 15.6 Å². The lowest BCUT2D eigenvalue weighted by molar-refractivity contribution is -0.114. The molecule has 0 atom stereocenters. The number of nitrogens with zero attached hydrogens (tertiary/aromatic N) is 2. The number of ketones is 1. The highest BCUT2D eigenvalue weighted by Crippen LogP contribution is 2.28. The van der Waals surface area contributed by atoms with E-state index in [4.69, 9.17) is 5.73 Å². The number of halogens is 3. The second kappa shape index (κ2) is 10.7. The number of nitrogens with two attached hydrogens (primary N) is 1. The van der Waals surface area contributed by atoms with E-state index >= 15 is 0 Å². The largest absolute Gasteiger partial charge is 0.395 e. The Kier molecular flexibility index (Phi) is 10.3. The van der Waals surface area contributed by atoms with Gasteiger partial charge in [-0.05, 0) is 74.9 Å². The van der Waals surface area contributed by atoms with E-state index in [1.165, 1.54) is 25.6 Å². The molecule has 23 heavy (non-hydrogen) atoms. The van der Waals surface area contributed by atoms with Gasteiger partial charge in [0.15, 0.2) is 0 Å². The monoisotopic (exact) mass is 497 g/mol.